The van der Waals surface area contributed by atoms with Crippen LogP contribution in [0.5, 0.6) is 0 Å². The molecular weight excluding hydrogens is 242 g/mol. The van der Waals surface area contributed by atoms with Gasteiger partial charge in [-0.15, -0.1) is 0 Å². The summed E-state index contributed by atoms with van der Waals surface area (Å²) in [4.78, 5) is 13.7. The molecule has 0 saturated heterocycles. The molecule has 0 N–H and O–H groups in total. The standard InChI is InChI=1S/C14H15N3O2/c1-10(7-8-15)17(2)14(18)9-12-11-5-3-4-6-13(11)19-16-12/h3-6,10H,7,9H2,1-2H3. The molecule has 1 aromatic heterocycles. The van der Waals surface area contributed by atoms with E-state index in [0.29, 0.717) is 17.7 Å². The molecule has 0 aliphatic carbocycles. The molecule has 1 heterocycles. The van der Waals surface area contributed by atoms with Crippen LogP contribution < -0.4 is 0 Å². The second-order valence-corrected chi connectivity index (χ2v) is 4.52. The predicted octanol–water partition coefficient (Wildman–Crippen LogP) is 2.13. The first-order valence-corrected chi connectivity index (χ1v) is 6.09. The van der Waals surface area contributed by atoms with Crippen molar-refractivity contribution < 1.29 is 9.32 Å². The Bertz CT molecular complexity index is 627. The van der Waals surface area contributed by atoms with E-state index in [-0.39, 0.29) is 18.4 Å². The minimum atomic E-state index is -0.101. The zero-order valence-electron chi connectivity index (χ0n) is 11.0. The van der Waals surface area contributed by atoms with Crippen LogP contribution in [0.3, 0.4) is 0 Å². The number of amides is 1. The molecule has 0 fully saturated rings. The summed E-state index contributed by atoms with van der Waals surface area (Å²) in [5.41, 5.74) is 1.31. The van der Waals surface area contributed by atoms with Crippen molar-refractivity contribution in [1.82, 2.24) is 10.1 Å². The van der Waals surface area contributed by atoms with Crippen molar-refractivity contribution in [2.24, 2.45) is 0 Å². The molecule has 0 aliphatic rings. The van der Waals surface area contributed by atoms with Gasteiger partial charge in [0.1, 0.15) is 5.69 Å². The van der Waals surface area contributed by atoms with Crippen molar-refractivity contribution >= 4 is 16.9 Å². The highest BCUT2D eigenvalue weighted by Crippen LogP contribution is 2.18. The number of likely N-dealkylation sites (N-methyl/N-ethyl adjacent to an activating group) is 1. The Balaban J connectivity index is 2.13. The van der Waals surface area contributed by atoms with Crippen molar-refractivity contribution in [3.63, 3.8) is 0 Å². The third-order valence-corrected chi connectivity index (χ3v) is 3.21. The Labute approximate surface area is 111 Å². The lowest BCUT2D eigenvalue weighted by atomic mass is 10.1. The van der Waals surface area contributed by atoms with Gasteiger partial charge in [-0.05, 0) is 19.1 Å². The van der Waals surface area contributed by atoms with Gasteiger partial charge in [0.25, 0.3) is 0 Å². The number of nitriles is 1. The van der Waals surface area contributed by atoms with Crippen LogP contribution in [0.4, 0.5) is 0 Å². The first-order chi connectivity index (χ1) is 9.13. The number of benzene rings is 1. The summed E-state index contributed by atoms with van der Waals surface area (Å²) in [6, 6.07) is 9.41. The predicted molar refractivity (Wildman–Crippen MR) is 70.2 cm³/mol. The van der Waals surface area contributed by atoms with Gasteiger partial charge >= 0.3 is 0 Å². The summed E-state index contributed by atoms with van der Waals surface area (Å²) in [6.07, 6.45) is 0.505. The number of para-hydroxylation sites is 1. The zero-order chi connectivity index (χ0) is 13.8. The molecule has 1 unspecified atom stereocenters. The van der Waals surface area contributed by atoms with Crippen molar-refractivity contribution in [1.29, 1.82) is 5.26 Å². The van der Waals surface area contributed by atoms with E-state index in [4.69, 9.17) is 9.78 Å². The number of rotatable bonds is 4. The van der Waals surface area contributed by atoms with E-state index in [0.717, 1.165) is 5.39 Å². The molecule has 1 aromatic carbocycles. The van der Waals surface area contributed by atoms with E-state index >= 15 is 0 Å². The van der Waals surface area contributed by atoms with Crippen LogP contribution in [0.2, 0.25) is 0 Å². The Kier molecular flexibility index (Phi) is 3.81. The number of aromatic nitrogens is 1. The number of hydrogen-bond donors (Lipinski definition) is 0. The normalized spacial score (nSPS) is 12.1. The van der Waals surface area contributed by atoms with E-state index in [1.807, 2.05) is 31.2 Å². The maximum absolute atomic E-state index is 12.1. The monoisotopic (exact) mass is 257 g/mol. The number of fused-ring (bicyclic) bond motifs is 1. The molecule has 1 atom stereocenters. The van der Waals surface area contributed by atoms with Crippen LogP contribution >= 0.6 is 0 Å². The summed E-state index contributed by atoms with van der Waals surface area (Å²) in [7, 11) is 1.70. The third kappa shape index (κ3) is 2.74. The SMILES string of the molecule is CC(CC#N)N(C)C(=O)Cc1noc2ccccc12. The molecule has 0 radical (unpaired) electrons. The average Bonchev–Trinajstić information content (AvgIpc) is 2.81. The number of carbonyl (C=O) groups excluding carboxylic acids is 1. The van der Waals surface area contributed by atoms with Crippen molar-refractivity contribution in [2.75, 3.05) is 7.05 Å². The lowest BCUT2D eigenvalue weighted by Crippen LogP contribution is -2.35. The molecule has 19 heavy (non-hydrogen) atoms. The van der Waals surface area contributed by atoms with Gasteiger partial charge in [0.15, 0.2) is 5.58 Å². The van der Waals surface area contributed by atoms with Gasteiger partial charge in [0.05, 0.1) is 18.9 Å². The maximum Gasteiger partial charge on any atom is 0.228 e. The number of carbonyl (C=O) groups is 1. The summed E-state index contributed by atoms with van der Waals surface area (Å²) >= 11 is 0. The Morgan fingerprint density at radius 2 is 2.26 bits per heavy atom. The molecular formula is C14H15N3O2. The Morgan fingerprint density at radius 1 is 1.53 bits per heavy atom. The van der Waals surface area contributed by atoms with E-state index < -0.39 is 0 Å². The molecule has 0 aliphatic heterocycles. The minimum Gasteiger partial charge on any atom is -0.356 e. The lowest BCUT2D eigenvalue weighted by molar-refractivity contribution is -0.130. The van der Waals surface area contributed by atoms with Gasteiger partial charge in [0.2, 0.25) is 5.91 Å². The summed E-state index contributed by atoms with van der Waals surface area (Å²) < 4.78 is 5.16. The van der Waals surface area contributed by atoms with Crippen LogP contribution in [0.25, 0.3) is 11.0 Å². The van der Waals surface area contributed by atoms with Gasteiger partial charge in [-0.1, -0.05) is 17.3 Å². The van der Waals surface area contributed by atoms with Crippen molar-refractivity contribution in [3.05, 3.63) is 30.0 Å². The highest BCUT2D eigenvalue weighted by atomic mass is 16.5. The van der Waals surface area contributed by atoms with E-state index in [9.17, 15) is 4.79 Å². The van der Waals surface area contributed by atoms with Crippen molar-refractivity contribution in [2.45, 2.75) is 25.8 Å². The maximum atomic E-state index is 12.1. The van der Waals surface area contributed by atoms with Crippen LogP contribution in [-0.4, -0.2) is 29.1 Å². The minimum absolute atomic E-state index is 0.0678. The second kappa shape index (κ2) is 5.53. The average molecular weight is 257 g/mol. The van der Waals surface area contributed by atoms with E-state index in [1.54, 1.807) is 11.9 Å². The topological polar surface area (TPSA) is 70.1 Å². The van der Waals surface area contributed by atoms with Gasteiger partial charge in [-0.25, -0.2) is 0 Å². The van der Waals surface area contributed by atoms with Crippen LogP contribution in [-0.2, 0) is 11.2 Å². The fourth-order valence-electron chi connectivity index (χ4n) is 1.85. The quantitative estimate of drug-likeness (QED) is 0.841. The first-order valence-electron chi connectivity index (χ1n) is 6.09. The molecule has 98 valence electrons. The molecule has 1 amide bonds. The molecule has 0 saturated carbocycles. The molecule has 2 rings (SSSR count). The van der Waals surface area contributed by atoms with E-state index in [2.05, 4.69) is 11.2 Å². The molecule has 0 bridgehead atoms. The van der Waals surface area contributed by atoms with Crippen LogP contribution in [0.15, 0.2) is 28.8 Å². The lowest BCUT2D eigenvalue weighted by Gasteiger charge is -2.22. The Hall–Kier alpha value is -2.35. The highest BCUT2D eigenvalue weighted by Gasteiger charge is 2.18. The fourth-order valence-corrected chi connectivity index (χ4v) is 1.85. The zero-order valence-corrected chi connectivity index (χ0v) is 11.0. The van der Waals surface area contributed by atoms with Gasteiger partial charge in [0, 0.05) is 18.5 Å². The highest BCUT2D eigenvalue weighted by molar-refractivity contribution is 5.86. The number of nitrogens with zero attached hydrogens (tertiary/aromatic N) is 3. The van der Waals surface area contributed by atoms with Crippen LogP contribution in [0, 0.1) is 11.3 Å². The first kappa shape index (κ1) is 13.1. The smallest absolute Gasteiger partial charge is 0.228 e. The molecule has 2 aromatic rings. The van der Waals surface area contributed by atoms with Crippen LogP contribution in [0.1, 0.15) is 19.0 Å². The number of hydrogen-bond acceptors (Lipinski definition) is 4. The van der Waals surface area contributed by atoms with E-state index in [1.165, 1.54) is 0 Å². The molecule has 5 nitrogen and oxygen atoms in total. The largest absolute Gasteiger partial charge is 0.356 e. The molecule has 0 spiro atoms. The van der Waals surface area contributed by atoms with Gasteiger partial charge in [-0.3, -0.25) is 4.79 Å². The summed E-state index contributed by atoms with van der Waals surface area (Å²) in [5, 5.41) is 13.4. The van der Waals surface area contributed by atoms with Gasteiger partial charge < -0.3 is 9.42 Å². The van der Waals surface area contributed by atoms with Crippen molar-refractivity contribution in [3.8, 4) is 6.07 Å². The molecule has 5 heteroatoms. The third-order valence-electron chi connectivity index (χ3n) is 3.21. The summed E-state index contributed by atoms with van der Waals surface area (Å²) in [6.45, 7) is 1.85. The van der Waals surface area contributed by atoms with Gasteiger partial charge in [-0.2, -0.15) is 5.26 Å². The second-order valence-electron chi connectivity index (χ2n) is 4.52. The summed E-state index contributed by atoms with van der Waals surface area (Å²) in [5.74, 6) is -0.0678. The fraction of sp³-hybridized carbons (Fsp3) is 0.357. The Morgan fingerprint density at radius 3 is 3.00 bits per heavy atom.